The molecule has 3 rings (SSSR count). The number of hydrogen-bond donors (Lipinski definition) is 1. The standard InChI is InChI=1S/C20H23NO.C2H7N.C2H6/c1-4-16-6-9-17(10-7-16)18-11-12-20-19(13-18)8-5-14(2)21(20)15(3)22;1-2-3;1-2/h6-7,9-14H,4-5,8H2,1-3H3;2-3H2,1H3;1-2H3/t14-;;/m0../s1. The number of aryl methyl sites for hydroxylation is 2. The lowest BCUT2D eigenvalue weighted by atomic mass is 9.93. The molecular weight excluding hydrogens is 332 g/mol. The number of carbonyl (C=O) groups is 1. The van der Waals surface area contributed by atoms with E-state index in [0.717, 1.165) is 31.5 Å². The van der Waals surface area contributed by atoms with Gasteiger partial charge in [0.05, 0.1) is 0 Å². The van der Waals surface area contributed by atoms with Gasteiger partial charge in [-0.15, -0.1) is 0 Å². The molecule has 0 saturated carbocycles. The van der Waals surface area contributed by atoms with Crippen molar-refractivity contribution in [3.63, 3.8) is 0 Å². The van der Waals surface area contributed by atoms with Crippen molar-refractivity contribution in [2.75, 3.05) is 11.4 Å². The average molecular weight is 369 g/mol. The lowest BCUT2D eigenvalue weighted by molar-refractivity contribution is -0.117. The van der Waals surface area contributed by atoms with Crippen molar-refractivity contribution in [2.45, 2.75) is 66.8 Å². The minimum atomic E-state index is 0.133. The van der Waals surface area contributed by atoms with Crippen LogP contribution in [0.15, 0.2) is 42.5 Å². The maximum Gasteiger partial charge on any atom is 0.224 e. The van der Waals surface area contributed by atoms with Gasteiger partial charge < -0.3 is 10.6 Å². The van der Waals surface area contributed by atoms with Crippen LogP contribution in [-0.2, 0) is 17.6 Å². The van der Waals surface area contributed by atoms with Crippen LogP contribution in [0.2, 0.25) is 0 Å². The van der Waals surface area contributed by atoms with Crippen molar-refractivity contribution in [2.24, 2.45) is 5.73 Å². The summed E-state index contributed by atoms with van der Waals surface area (Å²) in [5, 5.41) is 0. The van der Waals surface area contributed by atoms with Crippen molar-refractivity contribution < 1.29 is 4.79 Å². The highest BCUT2D eigenvalue weighted by atomic mass is 16.2. The van der Waals surface area contributed by atoms with Crippen LogP contribution in [-0.4, -0.2) is 18.5 Å². The molecule has 148 valence electrons. The fourth-order valence-electron chi connectivity index (χ4n) is 3.34. The van der Waals surface area contributed by atoms with E-state index in [2.05, 4.69) is 56.3 Å². The molecule has 0 saturated heterocycles. The molecule has 3 heteroatoms. The molecule has 0 bridgehead atoms. The number of anilines is 1. The van der Waals surface area contributed by atoms with Crippen LogP contribution in [0.1, 0.15) is 59.1 Å². The van der Waals surface area contributed by atoms with Gasteiger partial charge in [-0.25, -0.2) is 0 Å². The first-order chi connectivity index (χ1) is 13.0. The minimum absolute atomic E-state index is 0.133. The van der Waals surface area contributed by atoms with Gasteiger partial charge in [0.25, 0.3) is 0 Å². The Bertz CT molecular complexity index is 707. The molecule has 1 atom stereocenters. The molecule has 0 fully saturated rings. The van der Waals surface area contributed by atoms with E-state index in [4.69, 9.17) is 5.73 Å². The Morgan fingerprint density at radius 1 is 1.07 bits per heavy atom. The second-order valence-electron chi connectivity index (χ2n) is 6.58. The van der Waals surface area contributed by atoms with Gasteiger partial charge in [0.2, 0.25) is 5.91 Å². The van der Waals surface area contributed by atoms with E-state index in [9.17, 15) is 4.79 Å². The quantitative estimate of drug-likeness (QED) is 0.750. The van der Waals surface area contributed by atoms with Crippen LogP contribution < -0.4 is 10.6 Å². The van der Waals surface area contributed by atoms with Gasteiger partial charge in [-0.3, -0.25) is 4.79 Å². The van der Waals surface area contributed by atoms with Gasteiger partial charge in [-0.05, 0) is 67.1 Å². The summed E-state index contributed by atoms with van der Waals surface area (Å²) < 4.78 is 0. The molecule has 1 heterocycles. The summed E-state index contributed by atoms with van der Waals surface area (Å²) in [4.78, 5) is 13.9. The maximum atomic E-state index is 11.9. The van der Waals surface area contributed by atoms with Gasteiger partial charge in [-0.1, -0.05) is 58.0 Å². The molecule has 3 nitrogen and oxygen atoms in total. The first-order valence-electron chi connectivity index (χ1n) is 10.2. The SMILES string of the molecule is CC.CCN.CCc1ccc(-c2ccc3c(c2)CC[C@H](C)N3C(C)=O)cc1. The maximum absolute atomic E-state index is 11.9. The first kappa shape index (κ1) is 22.9. The molecule has 0 aliphatic carbocycles. The molecule has 1 amide bonds. The number of hydrogen-bond acceptors (Lipinski definition) is 2. The molecule has 0 unspecified atom stereocenters. The number of fused-ring (bicyclic) bond motifs is 1. The average Bonchev–Trinajstić information content (AvgIpc) is 2.69. The molecule has 0 spiro atoms. The molecule has 2 aromatic carbocycles. The van der Waals surface area contributed by atoms with Crippen LogP contribution in [0.25, 0.3) is 11.1 Å². The zero-order valence-electron chi connectivity index (χ0n) is 17.9. The molecule has 0 aromatic heterocycles. The van der Waals surface area contributed by atoms with E-state index in [1.807, 2.05) is 25.7 Å². The summed E-state index contributed by atoms with van der Waals surface area (Å²) in [6.45, 7) is 12.6. The van der Waals surface area contributed by atoms with Crippen LogP contribution in [0.5, 0.6) is 0 Å². The van der Waals surface area contributed by atoms with Crippen molar-refractivity contribution in [3.05, 3.63) is 53.6 Å². The van der Waals surface area contributed by atoms with E-state index < -0.39 is 0 Å². The van der Waals surface area contributed by atoms with Gasteiger partial charge >= 0.3 is 0 Å². The first-order valence-corrected chi connectivity index (χ1v) is 10.2. The number of nitrogens with zero attached hydrogens (tertiary/aromatic N) is 1. The Morgan fingerprint density at radius 2 is 1.63 bits per heavy atom. The van der Waals surface area contributed by atoms with Crippen molar-refractivity contribution in [1.29, 1.82) is 0 Å². The van der Waals surface area contributed by atoms with Crippen LogP contribution in [0.3, 0.4) is 0 Å². The Kier molecular flexibility index (Phi) is 9.81. The van der Waals surface area contributed by atoms with Crippen molar-refractivity contribution in [3.8, 4) is 11.1 Å². The predicted molar refractivity (Wildman–Crippen MR) is 118 cm³/mol. The normalized spacial score (nSPS) is 14.9. The van der Waals surface area contributed by atoms with Gasteiger partial charge in [0.15, 0.2) is 0 Å². The third kappa shape index (κ3) is 5.93. The third-order valence-corrected chi connectivity index (χ3v) is 4.65. The fraction of sp³-hybridized carbons (Fsp3) is 0.458. The highest BCUT2D eigenvalue weighted by Crippen LogP contribution is 2.34. The highest BCUT2D eigenvalue weighted by Gasteiger charge is 2.26. The Labute approximate surface area is 165 Å². The second-order valence-corrected chi connectivity index (χ2v) is 6.58. The zero-order valence-corrected chi connectivity index (χ0v) is 17.9. The second kappa shape index (κ2) is 11.6. The smallest absolute Gasteiger partial charge is 0.224 e. The summed E-state index contributed by atoms with van der Waals surface area (Å²) in [5.41, 5.74) is 11.1. The number of nitrogens with two attached hydrogens (primary N) is 1. The number of rotatable bonds is 2. The Morgan fingerprint density at radius 3 is 2.15 bits per heavy atom. The summed E-state index contributed by atoms with van der Waals surface area (Å²) >= 11 is 0. The minimum Gasteiger partial charge on any atom is -0.331 e. The van der Waals surface area contributed by atoms with Crippen molar-refractivity contribution >= 4 is 11.6 Å². The molecule has 1 aliphatic heterocycles. The monoisotopic (exact) mass is 368 g/mol. The largest absolute Gasteiger partial charge is 0.331 e. The zero-order chi connectivity index (χ0) is 20.4. The molecule has 2 N–H and O–H groups in total. The van der Waals surface area contributed by atoms with E-state index >= 15 is 0 Å². The number of benzene rings is 2. The van der Waals surface area contributed by atoms with Gasteiger partial charge in [0.1, 0.15) is 0 Å². The third-order valence-electron chi connectivity index (χ3n) is 4.65. The number of amides is 1. The number of carbonyl (C=O) groups excluding carboxylic acids is 1. The fourth-order valence-corrected chi connectivity index (χ4v) is 3.34. The van der Waals surface area contributed by atoms with E-state index in [1.165, 1.54) is 22.3 Å². The summed E-state index contributed by atoms with van der Waals surface area (Å²) in [6.07, 6.45) is 3.14. The molecule has 1 aliphatic rings. The van der Waals surface area contributed by atoms with E-state index in [-0.39, 0.29) is 5.91 Å². The Balaban J connectivity index is 0.000000665. The lowest BCUT2D eigenvalue weighted by Gasteiger charge is -2.34. The lowest BCUT2D eigenvalue weighted by Crippen LogP contribution is -2.40. The molecule has 2 aromatic rings. The topological polar surface area (TPSA) is 46.3 Å². The Hall–Kier alpha value is -2.13. The van der Waals surface area contributed by atoms with Crippen LogP contribution >= 0.6 is 0 Å². The highest BCUT2D eigenvalue weighted by molar-refractivity contribution is 5.94. The molecule has 0 radical (unpaired) electrons. The predicted octanol–water partition coefficient (Wildman–Crippen LogP) is 5.59. The van der Waals surface area contributed by atoms with Gasteiger partial charge in [-0.2, -0.15) is 0 Å². The summed E-state index contributed by atoms with van der Waals surface area (Å²) in [5.74, 6) is 0.133. The van der Waals surface area contributed by atoms with E-state index in [0.29, 0.717) is 6.04 Å². The van der Waals surface area contributed by atoms with E-state index in [1.54, 1.807) is 6.92 Å². The van der Waals surface area contributed by atoms with Crippen LogP contribution in [0.4, 0.5) is 5.69 Å². The van der Waals surface area contributed by atoms with Crippen LogP contribution in [0, 0.1) is 0 Å². The molecule has 27 heavy (non-hydrogen) atoms. The summed E-state index contributed by atoms with van der Waals surface area (Å²) in [7, 11) is 0. The van der Waals surface area contributed by atoms with Crippen molar-refractivity contribution in [1.82, 2.24) is 0 Å². The molecular formula is C24H36N2O. The van der Waals surface area contributed by atoms with Gasteiger partial charge in [0, 0.05) is 18.7 Å². The summed E-state index contributed by atoms with van der Waals surface area (Å²) in [6, 6.07) is 15.5.